The summed E-state index contributed by atoms with van der Waals surface area (Å²) in [6, 6.07) is 4.83. The Morgan fingerprint density at radius 3 is 2.79 bits per heavy atom. The summed E-state index contributed by atoms with van der Waals surface area (Å²) in [7, 11) is 1.89. The van der Waals surface area contributed by atoms with Crippen LogP contribution in [0.1, 0.15) is 6.42 Å². The van der Waals surface area contributed by atoms with E-state index in [1.165, 1.54) is 0 Å². The third-order valence-corrected chi connectivity index (χ3v) is 3.06. The van der Waals surface area contributed by atoms with E-state index in [2.05, 4.69) is 0 Å². The molecule has 1 aliphatic heterocycles. The van der Waals surface area contributed by atoms with Gasteiger partial charge in [-0.15, -0.1) is 0 Å². The molecular weight excluding hydrogens is 248 g/mol. The summed E-state index contributed by atoms with van der Waals surface area (Å²) in [5.41, 5.74) is 6.43. The Balaban J connectivity index is 1.99. The minimum absolute atomic E-state index is 0.389. The normalized spacial score (nSPS) is 14.8. The Bertz CT molecular complexity index is 464. The Kier molecular flexibility index (Phi) is 4.11. The number of anilines is 1. The second-order valence-electron chi connectivity index (χ2n) is 4.48. The topological polar surface area (TPSA) is 85.0 Å². The standard InChI is InChI=1S/C13H18N2O4/c1-15(5-4-10(14)13(16)17)9-2-3-11-12(8-9)19-7-6-18-11/h2-3,8,10H,4-7,14H2,1H3,(H,16,17). The van der Waals surface area contributed by atoms with Crippen LogP contribution in [0.4, 0.5) is 5.69 Å². The molecule has 1 aliphatic rings. The molecule has 0 saturated carbocycles. The highest BCUT2D eigenvalue weighted by Gasteiger charge is 2.15. The number of carboxylic acids is 1. The fourth-order valence-electron chi connectivity index (χ4n) is 1.85. The molecule has 1 atom stereocenters. The lowest BCUT2D eigenvalue weighted by atomic mass is 10.2. The molecule has 0 aromatic heterocycles. The van der Waals surface area contributed by atoms with Crippen molar-refractivity contribution in [2.24, 2.45) is 5.73 Å². The van der Waals surface area contributed by atoms with Crippen molar-refractivity contribution >= 4 is 11.7 Å². The molecule has 0 spiro atoms. The summed E-state index contributed by atoms with van der Waals surface area (Å²) in [6.45, 7) is 1.67. The Labute approximate surface area is 111 Å². The minimum atomic E-state index is -0.976. The molecule has 1 heterocycles. The smallest absolute Gasteiger partial charge is 0.320 e. The minimum Gasteiger partial charge on any atom is -0.486 e. The molecule has 104 valence electrons. The van der Waals surface area contributed by atoms with Gasteiger partial charge in [0.1, 0.15) is 19.3 Å². The largest absolute Gasteiger partial charge is 0.486 e. The van der Waals surface area contributed by atoms with Crippen LogP contribution in [0.2, 0.25) is 0 Å². The van der Waals surface area contributed by atoms with Gasteiger partial charge in [0.2, 0.25) is 0 Å². The number of ether oxygens (including phenoxy) is 2. The molecule has 19 heavy (non-hydrogen) atoms. The second-order valence-corrected chi connectivity index (χ2v) is 4.48. The second kappa shape index (κ2) is 5.79. The van der Waals surface area contributed by atoms with Gasteiger partial charge < -0.3 is 25.2 Å². The van der Waals surface area contributed by atoms with Crippen molar-refractivity contribution in [2.75, 3.05) is 31.7 Å². The molecule has 0 radical (unpaired) electrons. The van der Waals surface area contributed by atoms with E-state index in [1.54, 1.807) is 0 Å². The fourth-order valence-corrected chi connectivity index (χ4v) is 1.85. The number of benzene rings is 1. The number of hydrogen-bond donors (Lipinski definition) is 2. The van der Waals surface area contributed by atoms with Crippen molar-refractivity contribution in [1.82, 2.24) is 0 Å². The lowest BCUT2D eigenvalue weighted by molar-refractivity contribution is -0.138. The average Bonchev–Trinajstić information content (AvgIpc) is 2.43. The van der Waals surface area contributed by atoms with Gasteiger partial charge in [-0.1, -0.05) is 0 Å². The number of carboxylic acid groups (broad SMARTS) is 1. The average molecular weight is 266 g/mol. The summed E-state index contributed by atoms with van der Waals surface area (Å²) in [5.74, 6) is 0.486. The van der Waals surface area contributed by atoms with E-state index in [0.717, 1.165) is 17.2 Å². The van der Waals surface area contributed by atoms with Crippen LogP contribution in [-0.4, -0.2) is 43.9 Å². The Morgan fingerprint density at radius 2 is 2.11 bits per heavy atom. The van der Waals surface area contributed by atoms with Crippen molar-refractivity contribution in [1.29, 1.82) is 0 Å². The van der Waals surface area contributed by atoms with Crippen LogP contribution >= 0.6 is 0 Å². The number of nitrogens with two attached hydrogens (primary N) is 1. The van der Waals surface area contributed by atoms with Gasteiger partial charge in [0, 0.05) is 25.3 Å². The third-order valence-electron chi connectivity index (χ3n) is 3.06. The van der Waals surface area contributed by atoms with Crippen LogP contribution < -0.4 is 20.1 Å². The number of carbonyl (C=O) groups is 1. The predicted octanol–water partition coefficient (Wildman–Crippen LogP) is 0.696. The predicted molar refractivity (Wildman–Crippen MR) is 70.9 cm³/mol. The van der Waals surface area contributed by atoms with Crippen molar-refractivity contribution in [2.45, 2.75) is 12.5 Å². The van der Waals surface area contributed by atoms with Crippen LogP contribution in [-0.2, 0) is 4.79 Å². The van der Waals surface area contributed by atoms with E-state index in [4.69, 9.17) is 20.3 Å². The maximum atomic E-state index is 10.7. The van der Waals surface area contributed by atoms with Gasteiger partial charge in [0.15, 0.2) is 11.5 Å². The van der Waals surface area contributed by atoms with E-state index in [1.807, 2.05) is 30.1 Å². The lowest BCUT2D eigenvalue weighted by Crippen LogP contribution is -2.34. The number of rotatable bonds is 5. The molecule has 1 aromatic carbocycles. The van der Waals surface area contributed by atoms with Crippen LogP contribution in [0.15, 0.2) is 18.2 Å². The summed E-state index contributed by atoms with van der Waals surface area (Å²) in [5, 5.41) is 8.74. The van der Waals surface area contributed by atoms with Gasteiger partial charge in [-0.25, -0.2) is 0 Å². The molecule has 3 N–H and O–H groups in total. The number of fused-ring (bicyclic) bond motifs is 1. The zero-order chi connectivity index (χ0) is 13.8. The highest BCUT2D eigenvalue weighted by Crippen LogP contribution is 2.33. The van der Waals surface area contributed by atoms with E-state index in [9.17, 15) is 4.79 Å². The van der Waals surface area contributed by atoms with Gasteiger partial charge in [-0.05, 0) is 18.6 Å². The van der Waals surface area contributed by atoms with Crippen LogP contribution in [0.25, 0.3) is 0 Å². The van der Waals surface area contributed by atoms with Gasteiger partial charge >= 0.3 is 5.97 Å². The van der Waals surface area contributed by atoms with Crippen LogP contribution in [0.5, 0.6) is 11.5 Å². The maximum Gasteiger partial charge on any atom is 0.320 e. The molecule has 1 aromatic rings. The highest BCUT2D eigenvalue weighted by molar-refractivity contribution is 5.73. The first-order chi connectivity index (χ1) is 9.08. The molecule has 0 saturated heterocycles. The number of nitrogens with zero attached hydrogens (tertiary/aromatic N) is 1. The van der Waals surface area contributed by atoms with E-state index >= 15 is 0 Å². The first-order valence-electron chi connectivity index (χ1n) is 6.17. The van der Waals surface area contributed by atoms with Crippen molar-refractivity contribution in [3.8, 4) is 11.5 Å². The van der Waals surface area contributed by atoms with E-state index in [-0.39, 0.29) is 0 Å². The molecule has 0 fully saturated rings. The molecule has 2 rings (SSSR count). The van der Waals surface area contributed by atoms with Gasteiger partial charge in [0.05, 0.1) is 0 Å². The van der Waals surface area contributed by atoms with Gasteiger partial charge in [-0.3, -0.25) is 4.79 Å². The monoisotopic (exact) mass is 266 g/mol. The molecule has 1 unspecified atom stereocenters. The third kappa shape index (κ3) is 3.29. The summed E-state index contributed by atoms with van der Waals surface area (Å²) < 4.78 is 11.0. The van der Waals surface area contributed by atoms with Crippen molar-refractivity contribution < 1.29 is 19.4 Å². The first kappa shape index (κ1) is 13.5. The lowest BCUT2D eigenvalue weighted by Gasteiger charge is -2.24. The van der Waals surface area contributed by atoms with E-state index < -0.39 is 12.0 Å². The molecule has 0 aliphatic carbocycles. The van der Waals surface area contributed by atoms with Gasteiger partial charge in [-0.2, -0.15) is 0 Å². The number of hydrogen-bond acceptors (Lipinski definition) is 5. The molecular formula is C13H18N2O4. The molecule has 6 nitrogen and oxygen atoms in total. The zero-order valence-corrected chi connectivity index (χ0v) is 10.8. The summed E-state index contributed by atoms with van der Waals surface area (Å²) >= 11 is 0. The zero-order valence-electron chi connectivity index (χ0n) is 10.8. The summed E-state index contributed by atoms with van der Waals surface area (Å²) in [4.78, 5) is 12.6. The van der Waals surface area contributed by atoms with Crippen LogP contribution in [0, 0.1) is 0 Å². The summed E-state index contributed by atoms with van der Waals surface area (Å²) in [6.07, 6.45) is 0.389. The van der Waals surface area contributed by atoms with Crippen LogP contribution in [0.3, 0.4) is 0 Å². The molecule has 6 heteroatoms. The molecule has 0 amide bonds. The number of aliphatic carboxylic acids is 1. The quantitative estimate of drug-likeness (QED) is 0.816. The van der Waals surface area contributed by atoms with Gasteiger partial charge in [0.25, 0.3) is 0 Å². The van der Waals surface area contributed by atoms with Crippen molar-refractivity contribution in [3.63, 3.8) is 0 Å². The van der Waals surface area contributed by atoms with Crippen molar-refractivity contribution in [3.05, 3.63) is 18.2 Å². The maximum absolute atomic E-state index is 10.7. The van der Waals surface area contributed by atoms with E-state index in [0.29, 0.717) is 26.2 Å². The highest BCUT2D eigenvalue weighted by atomic mass is 16.6. The Morgan fingerprint density at radius 1 is 1.42 bits per heavy atom. The molecule has 0 bridgehead atoms. The fraction of sp³-hybridized carbons (Fsp3) is 0.462. The first-order valence-corrected chi connectivity index (χ1v) is 6.17. The SMILES string of the molecule is CN(CCC(N)C(=O)O)c1ccc2c(c1)OCCO2. The Hall–Kier alpha value is -1.95.